The Labute approximate surface area is 212 Å². The molecule has 0 bridgehead atoms. The van der Waals surface area contributed by atoms with Gasteiger partial charge in [0.2, 0.25) is 5.91 Å². The Hall–Kier alpha value is -3.27. The van der Waals surface area contributed by atoms with Gasteiger partial charge in [-0.15, -0.1) is 0 Å². The van der Waals surface area contributed by atoms with Crippen LogP contribution in [-0.2, 0) is 28.9 Å². The van der Waals surface area contributed by atoms with E-state index >= 15 is 0 Å². The maximum absolute atomic E-state index is 13.6. The molecule has 0 atom stereocenters. The highest BCUT2D eigenvalue weighted by molar-refractivity contribution is 7.92. The van der Waals surface area contributed by atoms with Crippen LogP contribution < -0.4 is 15.3 Å². The standard InChI is InChI=1S/C24H22Cl2N4O4S/c1-15-4-8-18(9-5-15)35(33,34)30(21-12-16(25)6-10-19(21)26)14-23(31)27-17-7-11-20-22(13-17)29(3)24(32)28(20)2/h4-13H,14H2,1-3H3,(H,27,31). The lowest BCUT2D eigenvalue weighted by atomic mass is 10.2. The molecule has 4 aromatic rings. The molecule has 8 nitrogen and oxygen atoms in total. The molecule has 4 rings (SSSR count). The summed E-state index contributed by atoms with van der Waals surface area (Å²) in [6.45, 7) is 1.29. The number of nitrogens with one attached hydrogen (secondary N) is 1. The molecule has 1 aromatic heterocycles. The molecule has 0 spiro atoms. The SMILES string of the molecule is Cc1ccc(S(=O)(=O)N(CC(=O)Nc2ccc3c(c2)n(C)c(=O)n3C)c2cc(Cl)ccc2Cl)cc1. The minimum absolute atomic E-state index is 0.00708. The maximum Gasteiger partial charge on any atom is 0.328 e. The van der Waals surface area contributed by atoms with E-state index in [1.165, 1.54) is 39.5 Å². The van der Waals surface area contributed by atoms with E-state index in [1.807, 2.05) is 6.92 Å². The number of aryl methyl sites for hydroxylation is 3. The van der Waals surface area contributed by atoms with Crippen LogP contribution in [0.4, 0.5) is 11.4 Å². The Morgan fingerprint density at radius 3 is 2.29 bits per heavy atom. The fraction of sp³-hybridized carbons (Fsp3) is 0.167. The minimum atomic E-state index is -4.16. The predicted octanol–water partition coefficient (Wildman–Crippen LogP) is 4.33. The molecule has 11 heteroatoms. The fourth-order valence-corrected chi connectivity index (χ4v) is 5.60. The van der Waals surface area contributed by atoms with Gasteiger partial charge in [-0.05, 0) is 55.5 Å². The molecule has 0 aliphatic heterocycles. The van der Waals surface area contributed by atoms with E-state index in [9.17, 15) is 18.0 Å². The summed E-state index contributed by atoms with van der Waals surface area (Å²) >= 11 is 12.4. The number of hydrogen-bond acceptors (Lipinski definition) is 4. The van der Waals surface area contributed by atoms with Gasteiger partial charge in [0.25, 0.3) is 10.0 Å². The van der Waals surface area contributed by atoms with Crippen molar-refractivity contribution >= 4 is 61.5 Å². The number of carbonyl (C=O) groups excluding carboxylic acids is 1. The third-order valence-corrected chi connectivity index (χ3v) is 7.96. The molecule has 0 saturated carbocycles. The summed E-state index contributed by atoms with van der Waals surface area (Å²) in [7, 11) is -0.870. The third kappa shape index (κ3) is 4.80. The highest BCUT2D eigenvalue weighted by atomic mass is 35.5. The lowest BCUT2D eigenvalue weighted by Crippen LogP contribution is -2.38. The second-order valence-corrected chi connectivity index (χ2v) is 10.8. The van der Waals surface area contributed by atoms with E-state index in [4.69, 9.17) is 23.2 Å². The zero-order chi connectivity index (χ0) is 25.5. The monoisotopic (exact) mass is 532 g/mol. The summed E-state index contributed by atoms with van der Waals surface area (Å²) < 4.78 is 31.0. The van der Waals surface area contributed by atoms with Crippen molar-refractivity contribution in [1.82, 2.24) is 9.13 Å². The smallest absolute Gasteiger partial charge is 0.324 e. The molecule has 0 aliphatic rings. The number of benzene rings is 3. The molecule has 0 radical (unpaired) electrons. The maximum atomic E-state index is 13.6. The van der Waals surface area contributed by atoms with Crippen LogP contribution in [0.25, 0.3) is 11.0 Å². The van der Waals surface area contributed by atoms with E-state index in [-0.39, 0.29) is 26.3 Å². The highest BCUT2D eigenvalue weighted by Crippen LogP contribution is 2.33. The van der Waals surface area contributed by atoms with Gasteiger partial charge in [-0.25, -0.2) is 13.2 Å². The van der Waals surface area contributed by atoms with Crippen LogP contribution in [0.2, 0.25) is 10.0 Å². The molecule has 35 heavy (non-hydrogen) atoms. The molecule has 1 heterocycles. The molecule has 1 N–H and O–H groups in total. The first kappa shape index (κ1) is 24.8. The number of fused-ring (bicyclic) bond motifs is 1. The summed E-state index contributed by atoms with van der Waals surface area (Å²) in [6.07, 6.45) is 0. The van der Waals surface area contributed by atoms with Crippen molar-refractivity contribution in [2.45, 2.75) is 11.8 Å². The Bertz CT molecular complexity index is 1610. The van der Waals surface area contributed by atoms with Crippen molar-refractivity contribution in [2.75, 3.05) is 16.2 Å². The lowest BCUT2D eigenvalue weighted by molar-refractivity contribution is -0.114. The Kier molecular flexibility index (Phi) is 6.68. The first-order valence-corrected chi connectivity index (χ1v) is 12.7. The highest BCUT2D eigenvalue weighted by Gasteiger charge is 2.29. The Morgan fingerprint density at radius 2 is 1.60 bits per heavy atom. The number of halogens is 2. The summed E-state index contributed by atoms with van der Waals surface area (Å²) in [4.78, 5) is 25.2. The number of nitrogens with zero attached hydrogens (tertiary/aromatic N) is 3. The first-order valence-electron chi connectivity index (χ1n) is 10.5. The van der Waals surface area contributed by atoms with E-state index in [1.54, 1.807) is 44.4 Å². The van der Waals surface area contributed by atoms with Crippen LogP contribution in [0, 0.1) is 6.92 Å². The van der Waals surface area contributed by atoms with E-state index in [2.05, 4.69) is 5.32 Å². The van der Waals surface area contributed by atoms with Crippen LogP contribution >= 0.6 is 23.2 Å². The first-order chi connectivity index (χ1) is 16.5. The third-order valence-electron chi connectivity index (χ3n) is 5.63. The molecular weight excluding hydrogens is 511 g/mol. The summed E-state index contributed by atoms with van der Waals surface area (Å²) in [5.41, 5.74) is 2.50. The zero-order valence-corrected chi connectivity index (χ0v) is 21.4. The van der Waals surface area contributed by atoms with Gasteiger partial charge in [-0.3, -0.25) is 18.2 Å². The molecule has 1 amide bonds. The van der Waals surface area contributed by atoms with Crippen molar-refractivity contribution in [1.29, 1.82) is 0 Å². The fourth-order valence-electron chi connectivity index (χ4n) is 3.73. The van der Waals surface area contributed by atoms with Crippen LogP contribution in [0.15, 0.2) is 70.4 Å². The molecule has 0 fully saturated rings. The van der Waals surface area contributed by atoms with E-state index < -0.39 is 22.5 Å². The van der Waals surface area contributed by atoms with Crippen LogP contribution in [0.1, 0.15) is 5.56 Å². The van der Waals surface area contributed by atoms with Gasteiger partial charge < -0.3 is 5.32 Å². The summed E-state index contributed by atoms with van der Waals surface area (Å²) in [6, 6.07) is 15.7. The average molecular weight is 533 g/mol. The molecular formula is C24H22Cl2N4O4S. The van der Waals surface area contributed by atoms with Crippen molar-refractivity contribution < 1.29 is 13.2 Å². The number of imidazole rings is 1. The van der Waals surface area contributed by atoms with Crippen LogP contribution in [0.3, 0.4) is 0 Å². The predicted molar refractivity (Wildman–Crippen MR) is 139 cm³/mol. The topological polar surface area (TPSA) is 93.4 Å². The number of sulfonamides is 1. The summed E-state index contributed by atoms with van der Waals surface area (Å²) in [5.74, 6) is -0.600. The molecule has 0 aliphatic carbocycles. The van der Waals surface area contributed by atoms with Gasteiger partial charge in [0.05, 0.1) is 26.6 Å². The van der Waals surface area contributed by atoms with Gasteiger partial charge in [0, 0.05) is 24.8 Å². The van der Waals surface area contributed by atoms with E-state index in [0.29, 0.717) is 16.7 Å². The zero-order valence-electron chi connectivity index (χ0n) is 19.1. The number of carbonyl (C=O) groups is 1. The van der Waals surface area contributed by atoms with Crippen molar-refractivity contribution in [2.24, 2.45) is 14.1 Å². The largest absolute Gasteiger partial charge is 0.328 e. The molecule has 3 aromatic carbocycles. The van der Waals surface area contributed by atoms with Gasteiger partial charge >= 0.3 is 5.69 Å². The van der Waals surface area contributed by atoms with Crippen LogP contribution in [-0.4, -0.2) is 30.0 Å². The van der Waals surface area contributed by atoms with E-state index in [0.717, 1.165) is 9.87 Å². The molecule has 182 valence electrons. The number of anilines is 2. The van der Waals surface area contributed by atoms with Crippen molar-refractivity contribution in [3.05, 3.63) is 86.8 Å². The number of aromatic nitrogens is 2. The van der Waals surface area contributed by atoms with Gasteiger partial charge in [0.15, 0.2) is 0 Å². The number of hydrogen-bond donors (Lipinski definition) is 1. The second-order valence-electron chi connectivity index (χ2n) is 8.07. The van der Waals surface area contributed by atoms with Gasteiger partial charge in [-0.2, -0.15) is 0 Å². The Balaban J connectivity index is 1.70. The average Bonchev–Trinajstić information content (AvgIpc) is 3.03. The van der Waals surface area contributed by atoms with Gasteiger partial charge in [-0.1, -0.05) is 40.9 Å². The number of rotatable bonds is 6. The van der Waals surface area contributed by atoms with Gasteiger partial charge in [0.1, 0.15) is 6.54 Å². The molecule has 0 unspecified atom stereocenters. The number of amides is 1. The second kappa shape index (κ2) is 9.41. The quantitative estimate of drug-likeness (QED) is 0.400. The van der Waals surface area contributed by atoms with Crippen LogP contribution in [0.5, 0.6) is 0 Å². The lowest BCUT2D eigenvalue weighted by Gasteiger charge is -2.25. The van der Waals surface area contributed by atoms with Crippen molar-refractivity contribution in [3.8, 4) is 0 Å². The minimum Gasteiger partial charge on any atom is -0.324 e. The molecule has 0 saturated heterocycles. The Morgan fingerprint density at radius 1 is 0.943 bits per heavy atom. The normalized spacial score (nSPS) is 11.6. The van der Waals surface area contributed by atoms with Crippen molar-refractivity contribution in [3.63, 3.8) is 0 Å². The summed E-state index contributed by atoms with van der Waals surface area (Å²) in [5, 5.41) is 3.10.